The van der Waals surface area contributed by atoms with Gasteiger partial charge in [0.05, 0.1) is 12.7 Å². The molecule has 0 saturated heterocycles. The smallest absolute Gasteiger partial charge is 0.258 e. The van der Waals surface area contributed by atoms with Gasteiger partial charge in [0.1, 0.15) is 11.6 Å². The fourth-order valence-corrected chi connectivity index (χ4v) is 4.58. The Hall–Kier alpha value is -3.40. The maximum absolute atomic E-state index is 14.6. The van der Waals surface area contributed by atoms with Gasteiger partial charge in [-0.15, -0.1) is 0 Å². The number of benzene rings is 3. The molecule has 0 N–H and O–H groups in total. The summed E-state index contributed by atoms with van der Waals surface area (Å²) in [6, 6.07) is 19.8. The first-order valence-corrected chi connectivity index (χ1v) is 11.0. The van der Waals surface area contributed by atoms with Crippen LogP contribution in [0, 0.1) is 0 Å². The van der Waals surface area contributed by atoms with E-state index >= 15 is 0 Å². The lowest BCUT2D eigenvalue weighted by Crippen LogP contribution is -2.42. The van der Waals surface area contributed by atoms with Crippen molar-refractivity contribution in [2.45, 2.75) is 32.7 Å². The Morgan fingerprint density at radius 2 is 1.66 bits per heavy atom. The molecule has 0 fully saturated rings. The largest absolute Gasteiger partial charge is 0.496 e. The van der Waals surface area contributed by atoms with Gasteiger partial charge in [-0.2, -0.15) is 0 Å². The molecule has 164 valence electrons. The molecule has 3 aromatic carbocycles. The van der Waals surface area contributed by atoms with Gasteiger partial charge in [0, 0.05) is 18.2 Å². The molecule has 0 bridgehead atoms. The fraction of sp³-hybridized carbons (Fsp3) is 0.250. The minimum Gasteiger partial charge on any atom is -0.496 e. The molecule has 0 heterocycles. The van der Waals surface area contributed by atoms with Gasteiger partial charge in [-0.3, -0.25) is 4.79 Å². The van der Waals surface area contributed by atoms with Gasteiger partial charge in [-0.25, -0.2) is 4.39 Å². The number of halogens is 1. The van der Waals surface area contributed by atoms with E-state index in [-0.39, 0.29) is 24.3 Å². The predicted octanol–water partition coefficient (Wildman–Crippen LogP) is 6.28. The third-order valence-corrected chi connectivity index (χ3v) is 6.31. The highest BCUT2D eigenvalue weighted by molar-refractivity contribution is 6.09. The summed E-state index contributed by atoms with van der Waals surface area (Å²) >= 11 is 0. The molecule has 3 aromatic rings. The Labute approximate surface area is 188 Å². The summed E-state index contributed by atoms with van der Waals surface area (Å²) in [5.41, 5.74) is 3.52. The maximum Gasteiger partial charge on any atom is 0.258 e. The van der Waals surface area contributed by atoms with Crippen molar-refractivity contribution >= 4 is 16.7 Å². The van der Waals surface area contributed by atoms with Crippen molar-refractivity contribution in [2.24, 2.45) is 0 Å². The Morgan fingerprint density at radius 1 is 1.00 bits per heavy atom. The number of rotatable bonds is 6. The first-order chi connectivity index (χ1) is 15.6. The van der Waals surface area contributed by atoms with Crippen LogP contribution in [-0.4, -0.2) is 30.5 Å². The summed E-state index contributed by atoms with van der Waals surface area (Å²) in [6.07, 6.45) is 4.70. The molecule has 0 radical (unpaired) electrons. The van der Waals surface area contributed by atoms with Crippen LogP contribution >= 0.6 is 0 Å². The second-order valence-corrected chi connectivity index (χ2v) is 8.08. The number of allylic oxidation sites excluding steroid dienone is 2. The van der Waals surface area contributed by atoms with Crippen LogP contribution in [0.15, 0.2) is 84.2 Å². The van der Waals surface area contributed by atoms with Crippen molar-refractivity contribution in [1.82, 2.24) is 4.90 Å². The number of nitrogens with zero attached hydrogens (tertiary/aromatic N) is 1. The Kier molecular flexibility index (Phi) is 6.40. The monoisotopic (exact) mass is 429 g/mol. The van der Waals surface area contributed by atoms with Gasteiger partial charge in [0.15, 0.2) is 0 Å². The highest BCUT2D eigenvalue weighted by Gasteiger charge is 2.33. The summed E-state index contributed by atoms with van der Waals surface area (Å²) in [4.78, 5) is 15.9. The number of methoxy groups -OCH3 is 1. The van der Waals surface area contributed by atoms with E-state index in [0.29, 0.717) is 16.9 Å². The zero-order valence-corrected chi connectivity index (χ0v) is 18.8. The molecular formula is C28H28FNO2. The van der Waals surface area contributed by atoms with E-state index in [1.54, 1.807) is 20.1 Å². The van der Waals surface area contributed by atoms with Crippen LogP contribution in [-0.2, 0) is 12.8 Å². The minimum atomic E-state index is -0.300. The zero-order chi connectivity index (χ0) is 22.7. The molecule has 0 saturated carbocycles. The number of hydrogen-bond donors (Lipinski definition) is 0. The normalized spacial score (nSPS) is 14.5. The van der Waals surface area contributed by atoms with Gasteiger partial charge in [0.2, 0.25) is 0 Å². The highest BCUT2D eigenvalue weighted by atomic mass is 19.1. The van der Waals surface area contributed by atoms with E-state index in [4.69, 9.17) is 4.74 Å². The van der Waals surface area contributed by atoms with Crippen LogP contribution in [0.1, 0.15) is 35.3 Å². The molecule has 3 nitrogen and oxygen atoms in total. The molecule has 1 aliphatic rings. The van der Waals surface area contributed by atoms with Crippen molar-refractivity contribution in [2.75, 3.05) is 13.7 Å². The predicted molar refractivity (Wildman–Crippen MR) is 128 cm³/mol. The molecule has 0 aliphatic heterocycles. The van der Waals surface area contributed by atoms with Gasteiger partial charge in [-0.05, 0) is 54.7 Å². The second-order valence-electron chi connectivity index (χ2n) is 8.08. The molecule has 4 rings (SSSR count). The van der Waals surface area contributed by atoms with Crippen LogP contribution in [0.5, 0.6) is 5.75 Å². The number of carbonyl (C=O) groups excluding carboxylic acids is 1. The van der Waals surface area contributed by atoms with Crippen molar-refractivity contribution < 1.29 is 13.9 Å². The maximum atomic E-state index is 14.6. The topological polar surface area (TPSA) is 29.5 Å². The molecule has 0 aromatic heterocycles. The van der Waals surface area contributed by atoms with Crippen molar-refractivity contribution in [3.8, 4) is 5.75 Å². The van der Waals surface area contributed by atoms with E-state index in [9.17, 15) is 9.18 Å². The molecule has 4 heteroatoms. The van der Waals surface area contributed by atoms with Crippen molar-refractivity contribution in [1.29, 1.82) is 0 Å². The Bertz CT molecular complexity index is 1190. The number of carbonyl (C=O) groups is 1. The molecule has 0 spiro atoms. The molecule has 1 aliphatic carbocycles. The first kappa shape index (κ1) is 21.8. The van der Waals surface area contributed by atoms with E-state index in [2.05, 4.69) is 12.1 Å². The lowest BCUT2D eigenvalue weighted by molar-refractivity contribution is 0.0702. The van der Waals surface area contributed by atoms with E-state index in [1.165, 1.54) is 17.2 Å². The van der Waals surface area contributed by atoms with Gasteiger partial charge in [-0.1, -0.05) is 66.7 Å². The summed E-state index contributed by atoms with van der Waals surface area (Å²) < 4.78 is 20.2. The van der Waals surface area contributed by atoms with Gasteiger partial charge < -0.3 is 9.64 Å². The van der Waals surface area contributed by atoms with Crippen LogP contribution in [0.3, 0.4) is 0 Å². The van der Waals surface area contributed by atoms with Crippen LogP contribution in [0.2, 0.25) is 0 Å². The average Bonchev–Trinajstić information content (AvgIpc) is 3.27. The molecular weight excluding hydrogens is 401 g/mol. The van der Waals surface area contributed by atoms with Crippen LogP contribution in [0.4, 0.5) is 4.39 Å². The van der Waals surface area contributed by atoms with E-state index in [0.717, 1.165) is 23.6 Å². The SMILES string of the molecule is C/C=C(CN(C(=O)c1c(OC)ccc2ccccc12)C1Cc2ccccc2C1)\C(F)=C/C. The third kappa shape index (κ3) is 4.05. The summed E-state index contributed by atoms with van der Waals surface area (Å²) in [5, 5.41) is 1.81. The van der Waals surface area contributed by atoms with Crippen molar-refractivity contribution in [3.63, 3.8) is 0 Å². The number of fused-ring (bicyclic) bond motifs is 2. The average molecular weight is 430 g/mol. The van der Waals surface area contributed by atoms with Crippen LogP contribution in [0.25, 0.3) is 10.8 Å². The molecule has 1 amide bonds. The van der Waals surface area contributed by atoms with Gasteiger partial charge in [0.25, 0.3) is 5.91 Å². The van der Waals surface area contributed by atoms with E-state index < -0.39 is 0 Å². The number of hydrogen-bond acceptors (Lipinski definition) is 2. The first-order valence-electron chi connectivity index (χ1n) is 11.0. The van der Waals surface area contributed by atoms with Crippen LogP contribution < -0.4 is 4.74 Å². The highest BCUT2D eigenvalue weighted by Crippen LogP contribution is 2.33. The lowest BCUT2D eigenvalue weighted by Gasteiger charge is -2.31. The minimum absolute atomic E-state index is 0.0526. The summed E-state index contributed by atoms with van der Waals surface area (Å²) in [6.45, 7) is 3.68. The number of ether oxygens (including phenoxy) is 1. The van der Waals surface area contributed by atoms with E-state index in [1.807, 2.05) is 60.4 Å². The third-order valence-electron chi connectivity index (χ3n) is 6.31. The van der Waals surface area contributed by atoms with Gasteiger partial charge >= 0.3 is 0 Å². The molecule has 0 atom stereocenters. The zero-order valence-electron chi connectivity index (χ0n) is 18.8. The Balaban J connectivity index is 1.80. The standard InChI is InChI=1S/C28H28FNO2/c1-4-19(25(29)5-2)18-30(23-16-21-11-6-7-12-22(21)17-23)28(31)27-24-13-9-8-10-20(24)14-15-26(27)32-3/h4-15,23H,16-18H2,1-3H3/b19-4-,25-5+. The molecule has 32 heavy (non-hydrogen) atoms. The fourth-order valence-electron chi connectivity index (χ4n) is 4.58. The quantitative estimate of drug-likeness (QED) is 0.432. The molecule has 0 unspecified atom stereocenters. The van der Waals surface area contributed by atoms with Crippen molar-refractivity contribution in [3.05, 3.63) is 101 Å². The number of amides is 1. The second kappa shape index (κ2) is 9.39. The lowest BCUT2D eigenvalue weighted by atomic mass is 10.0. The summed E-state index contributed by atoms with van der Waals surface area (Å²) in [5.74, 6) is 0.0909. The summed E-state index contributed by atoms with van der Waals surface area (Å²) in [7, 11) is 1.58. The Morgan fingerprint density at radius 3 is 2.28 bits per heavy atom.